The molecule has 5 aliphatic heterocycles. The lowest BCUT2D eigenvalue weighted by atomic mass is 9.61. The number of hydrogen-bond acceptors (Lipinski definition) is 11. The number of aliphatic hydroxyl groups is 1. The third-order valence-corrected chi connectivity index (χ3v) is 37.2. The van der Waals surface area contributed by atoms with E-state index in [1.54, 1.807) is 40.7 Å². The molecule has 7 aliphatic carbocycles. The Balaban J connectivity index is 0.000000120. The maximum Gasteiger partial charge on any atom is 0.253 e. The number of nitrogens with one attached hydrogen (secondary N) is 5. The minimum absolute atomic E-state index is 0.0743. The summed E-state index contributed by atoms with van der Waals surface area (Å²) in [6.07, 6.45) is 38.9. The van der Waals surface area contributed by atoms with Crippen molar-refractivity contribution in [3.63, 3.8) is 0 Å². The van der Waals surface area contributed by atoms with Crippen molar-refractivity contribution < 1.29 is 51.0 Å². The maximum atomic E-state index is 14.1. The van der Waals surface area contributed by atoms with E-state index in [9.17, 15) is 51.0 Å². The zero-order valence-electron chi connectivity index (χ0n) is 86.6. The van der Waals surface area contributed by atoms with Crippen molar-refractivity contribution in [3.8, 4) is 0 Å². The quantitative estimate of drug-likeness (QED) is 0.0223. The molecule has 3 amide bonds. The summed E-state index contributed by atoms with van der Waals surface area (Å²) < 4.78 is 81.2. The van der Waals surface area contributed by atoms with Crippen molar-refractivity contribution in [1.82, 2.24) is 64.1 Å². The number of benzene rings is 5. The van der Waals surface area contributed by atoms with Crippen molar-refractivity contribution >= 4 is 142 Å². The molecule has 12 fully saturated rings. The summed E-state index contributed by atoms with van der Waals surface area (Å²) >= 11 is 32.5. The van der Waals surface area contributed by atoms with E-state index in [2.05, 4.69) is 96.4 Å². The van der Waals surface area contributed by atoms with Gasteiger partial charge in [0.05, 0.1) is 81.0 Å². The first-order valence-corrected chi connectivity index (χ1v) is 56.7. The van der Waals surface area contributed by atoms with Gasteiger partial charge in [0.25, 0.3) is 17.7 Å². The molecule has 5 aromatic heterocycles. The maximum absolute atomic E-state index is 14.1. The molecule has 29 heteroatoms. The van der Waals surface area contributed by atoms with Crippen LogP contribution in [0.2, 0.25) is 25.1 Å². The van der Waals surface area contributed by atoms with Gasteiger partial charge in [-0.2, -0.15) is 0 Å². The Labute approximate surface area is 883 Å². The average Bonchev–Trinajstić information content (AvgIpc) is 1.44. The highest BCUT2D eigenvalue weighted by atomic mass is 35.5. The number of rotatable bonds is 26. The Kier molecular flexibility index (Phi) is 33.9. The summed E-state index contributed by atoms with van der Waals surface area (Å²) in [5.41, 5.74) is 2.48. The highest BCUT2D eigenvalue weighted by Gasteiger charge is 2.50. The first-order valence-electron chi connectivity index (χ1n) is 54.8. The zero-order valence-corrected chi connectivity index (χ0v) is 90.4. The largest absolute Gasteiger partial charge is 0.388 e. The predicted octanol–water partition coefficient (Wildman–Crippen LogP) is 26.6. The third-order valence-electron chi connectivity index (χ3n) is 35.6. The fourth-order valence-electron chi connectivity index (χ4n) is 25.4. The van der Waals surface area contributed by atoms with Gasteiger partial charge in [-0.1, -0.05) is 94.8 Å². The van der Waals surface area contributed by atoms with E-state index >= 15 is 0 Å². The topological polar surface area (TPSA) is 200 Å². The van der Waals surface area contributed by atoms with E-state index in [-0.39, 0.29) is 35.8 Å². The van der Waals surface area contributed by atoms with Crippen LogP contribution in [0.1, 0.15) is 323 Å². The number of carbonyl (C=O) groups is 5. The molecule has 3 atom stereocenters. The van der Waals surface area contributed by atoms with Crippen LogP contribution in [0.3, 0.4) is 0 Å². The molecule has 10 aromatic rings. The van der Waals surface area contributed by atoms with E-state index in [4.69, 9.17) is 58.0 Å². The number of fused-ring (bicyclic) bond motifs is 5. The van der Waals surface area contributed by atoms with Gasteiger partial charge in [-0.05, 0) is 364 Å². The number of ketones is 2. The van der Waals surface area contributed by atoms with Crippen LogP contribution in [0.15, 0.2) is 122 Å². The molecular weight excluding hydrogens is 1960 g/mol. The number of carbonyl (C=O) groups excluding carboxylic acids is 5. The number of amides is 3. The number of likely N-dealkylation sites (N-methyl/N-ethyl adjacent to an activating group) is 2. The van der Waals surface area contributed by atoms with E-state index in [1.807, 2.05) is 97.7 Å². The molecule has 2 unspecified atom stereocenters. The van der Waals surface area contributed by atoms with Crippen LogP contribution >= 0.6 is 58.0 Å². The molecule has 5 saturated heterocycles. The Morgan fingerprint density at radius 1 is 0.390 bits per heavy atom. The van der Waals surface area contributed by atoms with E-state index < -0.39 is 33.9 Å². The summed E-state index contributed by atoms with van der Waals surface area (Å²) in [5.74, 6) is 1.53. The number of nitrogens with zero attached hydrogens (tertiary/aromatic N) is 8. The predicted molar refractivity (Wildman–Crippen MR) is 582 cm³/mol. The summed E-state index contributed by atoms with van der Waals surface area (Å²) in [4.78, 5) is 72.7. The summed E-state index contributed by atoms with van der Waals surface area (Å²) in [7, 11) is 4.31. The lowest BCUT2D eigenvalue weighted by Gasteiger charge is -2.54. The minimum Gasteiger partial charge on any atom is -0.388 e. The lowest BCUT2D eigenvalue weighted by Crippen LogP contribution is -2.60. The van der Waals surface area contributed by atoms with Crippen molar-refractivity contribution in [2.75, 3.05) is 79.5 Å². The summed E-state index contributed by atoms with van der Waals surface area (Å²) in [6.45, 7) is 19.8. The molecule has 0 bridgehead atoms. The number of Topliss-reactive ketones (excluding diaryl/α,β-unsaturated/α-hetero) is 2. The van der Waals surface area contributed by atoms with Crippen LogP contribution in [0.4, 0.5) is 22.0 Å². The van der Waals surface area contributed by atoms with Crippen LogP contribution in [0.25, 0.3) is 54.5 Å². The first kappa shape index (κ1) is 108. The lowest BCUT2D eigenvalue weighted by molar-refractivity contribution is -0.0374. The molecule has 22 rings (SSSR count). The van der Waals surface area contributed by atoms with Gasteiger partial charge in [0.1, 0.15) is 28.3 Å². The molecule has 12 aliphatic rings. The second kappa shape index (κ2) is 45.7. The van der Waals surface area contributed by atoms with E-state index in [0.717, 1.165) is 227 Å². The van der Waals surface area contributed by atoms with Gasteiger partial charge in [0, 0.05) is 178 Å². The standard InChI is InChI=1S/C24H30ClFN2O.C24H32ClFN2O.C23H31ClFN3O2.C23H29ClFN3O.C23H31ClFN3O/c1-24(26)11-9-16(10-12-24)5-8-22(29)19-15-28(18-13-27(14-18)17-6-7-17)21-4-2-3-20(25)23(19)21;1-24(26)12-10-17(11-13-24)8-9-22(29)19-16-28(15-18-5-4-14-27(18)2)21-7-3-6-20(25)23(19)21;1-22(25)8-10-23(30,11-9-22)15-26-21(29)17-14-28(13-16-5-4-12-27(16)2)19-7-3-6-18(24)20(17)19;1-22(25)7-5-15(6-8-22)11-27-21(29)17-12-28(16-9-23(10-16)13-26-14-23)19-4-2-3-18(24)20(17)19;1-23(25)10-8-16(9-11-23)13-27-22(29)18-15-28(14-17-5-2-3-12-26-17)20-7-4-6-19(24)21(18)20/h2-4,15-18H,5-14H2,1H3;3,6-7,16-18H,4-5,8-15H2,1-2H3;3,6-7,14,16,30H,4-5,8-13,15H2,1-2H3,(H,26,29);2-4,12,15-16,26H,5-11,13-14H2,1H3,(H,27,29);4,6-7,15-17,26H,2-3,5,8-14H2,1H3,(H,27,29)/t;;16-,22?,23?;;/m..0../s1. The molecular formula is C117H153Cl5F5N13O6. The van der Waals surface area contributed by atoms with Gasteiger partial charge < -0.3 is 64.3 Å². The highest BCUT2D eigenvalue weighted by molar-refractivity contribution is 6.39. The molecule has 1 spiro atoms. The van der Waals surface area contributed by atoms with Crippen LogP contribution in [-0.2, 0) is 19.6 Å². The second-order valence-electron chi connectivity index (χ2n) is 47.5. The van der Waals surface area contributed by atoms with Crippen molar-refractivity contribution in [2.24, 2.45) is 29.1 Å². The van der Waals surface area contributed by atoms with Crippen molar-refractivity contribution in [1.29, 1.82) is 0 Å². The minimum atomic E-state index is -1.23. The van der Waals surface area contributed by atoms with Crippen LogP contribution in [0.5, 0.6) is 0 Å². The number of halogens is 10. The number of aromatic nitrogens is 5. The zero-order chi connectivity index (χ0) is 103. The van der Waals surface area contributed by atoms with Crippen LogP contribution < -0.4 is 26.6 Å². The highest BCUT2D eigenvalue weighted by Crippen LogP contribution is 2.53. The molecule has 19 nitrogen and oxygen atoms in total. The van der Waals surface area contributed by atoms with Gasteiger partial charge in [-0.3, -0.25) is 28.9 Å². The molecule has 0 radical (unpaired) electrons. The van der Waals surface area contributed by atoms with Gasteiger partial charge in [0.15, 0.2) is 11.6 Å². The monoisotopic (exact) mass is 2110 g/mol. The fourth-order valence-corrected chi connectivity index (χ4v) is 26.8. The molecule has 5 aromatic carbocycles. The van der Waals surface area contributed by atoms with Crippen molar-refractivity contribution in [3.05, 3.63) is 175 Å². The van der Waals surface area contributed by atoms with Crippen molar-refractivity contribution in [2.45, 2.75) is 349 Å². The number of alkyl halides is 5. The Morgan fingerprint density at radius 3 is 1.14 bits per heavy atom. The second-order valence-corrected chi connectivity index (χ2v) is 49.5. The van der Waals surface area contributed by atoms with Crippen LogP contribution in [-0.4, -0.2) is 210 Å². The molecule has 792 valence electrons. The number of likely N-dealkylation sites (tertiary alicyclic amines) is 3. The SMILES string of the molecule is CC1(F)CCC(CCC(=O)c2cn(C3CN(C4CC4)C3)c3cccc(Cl)c23)CC1.CC1(F)CCC(CNC(=O)c2cn(C3CC4(CNC4)C3)c3cccc(Cl)c23)CC1.CC1(F)CCC(CNC(=O)c2cn(CC3CCCCN3)c3cccc(Cl)c23)CC1.CN1CCCC1Cn1cc(C(=O)CCC2CCC(C)(F)CC2)c2c(Cl)cccc21.CN1CCC[C@H]1Cn1cc(C(=O)NCC2(O)CCC(C)(F)CC2)c2c(Cl)cccc21. The van der Waals surface area contributed by atoms with Gasteiger partial charge in [-0.15, -0.1) is 0 Å². The van der Waals surface area contributed by atoms with Crippen LogP contribution in [0, 0.1) is 29.1 Å². The van der Waals surface area contributed by atoms with E-state index in [0.29, 0.717) is 204 Å². The fraction of sp³-hybridized carbons (Fsp3) is 0.615. The van der Waals surface area contributed by atoms with Gasteiger partial charge in [0.2, 0.25) is 0 Å². The summed E-state index contributed by atoms with van der Waals surface area (Å²) in [6, 6.07) is 32.2. The average molecular weight is 2110 g/mol. The third kappa shape index (κ3) is 25.8. The van der Waals surface area contributed by atoms with Gasteiger partial charge in [-0.25, -0.2) is 22.0 Å². The molecule has 6 N–H and O–H groups in total. The normalized spacial score (nSPS) is 28.7. The smallest absolute Gasteiger partial charge is 0.253 e. The number of hydrogen-bond donors (Lipinski definition) is 6. The first-order chi connectivity index (χ1) is 69.7. The molecule has 7 saturated carbocycles. The Hall–Kier alpha value is -7.59. The number of piperidine rings is 1. The molecule has 146 heavy (non-hydrogen) atoms. The molecule has 10 heterocycles. The van der Waals surface area contributed by atoms with Gasteiger partial charge >= 0.3 is 0 Å². The summed E-state index contributed by atoms with van der Waals surface area (Å²) in [5, 5.41) is 34.1. The Bertz CT molecular complexity index is 6260. The Morgan fingerprint density at radius 2 is 0.747 bits per heavy atom. The van der Waals surface area contributed by atoms with E-state index in [1.165, 1.54) is 44.9 Å².